The Hall–Kier alpha value is 0.471. The first-order valence-corrected chi connectivity index (χ1v) is 5.87. The summed E-state index contributed by atoms with van der Waals surface area (Å²) in [6.07, 6.45) is 1.69. The summed E-state index contributed by atoms with van der Waals surface area (Å²) >= 11 is 0. The van der Waals surface area contributed by atoms with Crippen LogP contribution >= 0.6 is 0 Å². The monoisotopic (exact) mass is 300 g/mol. The minimum absolute atomic E-state index is 0. The molecule has 0 aliphatic heterocycles. The van der Waals surface area contributed by atoms with Gasteiger partial charge in [-0.15, -0.1) is 5.46 Å². The van der Waals surface area contributed by atoms with Crippen LogP contribution in [0.15, 0.2) is 18.2 Å². The normalized spacial score (nSPS) is 11.0. The first-order valence-electron chi connectivity index (χ1n) is 5.87. The smallest absolute Gasteiger partial charge is 0.493 e. The molecule has 0 aromatic heterocycles. The van der Waals surface area contributed by atoms with Crippen LogP contribution < -0.4 is 61.6 Å². The van der Waals surface area contributed by atoms with Crippen molar-refractivity contribution in [2.45, 2.75) is 19.8 Å². The largest absolute Gasteiger partial charge is 1.00 e. The van der Waals surface area contributed by atoms with E-state index in [0.717, 1.165) is 25.0 Å². The third-order valence-electron chi connectivity index (χ3n) is 2.58. The molecule has 0 fully saturated rings. The van der Waals surface area contributed by atoms with E-state index >= 15 is 0 Å². The molecule has 2 nitrogen and oxygen atoms in total. The fraction of sp³-hybridized carbons (Fsp3) is 0.500. The summed E-state index contributed by atoms with van der Waals surface area (Å²) in [7, 11) is 1.63. The van der Waals surface area contributed by atoms with E-state index < -0.39 is 12.4 Å². The van der Waals surface area contributed by atoms with Crippen molar-refractivity contribution in [1.82, 2.24) is 0 Å². The molecule has 0 heterocycles. The molecule has 0 N–H and O–H groups in total. The minimum atomic E-state index is -4.94. The van der Waals surface area contributed by atoms with Gasteiger partial charge in [0.25, 0.3) is 0 Å². The van der Waals surface area contributed by atoms with Gasteiger partial charge in [-0.1, -0.05) is 12.1 Å². The number of methoxy groups -OCH3 is 1. The molecule has 7 heteroatoms. The van der Waals surface area contributed by atoms with Crippen LogP contribution in [0.1, 0.15) is 18.4 Å². The van der Waals surface area contributed by atoms with Crippen molar-refractivity contribution in [3.8, 4) is 5.75 Å². The quantitative estimate of drug-likeness (QED) is 0.515. The van der Waals surface area contributed by atoms with E-state index in [0.29, 0.717) is 24.5 Å². The number of aryl methyl sites for hydroxylation is 1. The molecule has 0 unspecified atom stereocenters. The van der Waals surface area contributed by atoms with Gasteiger partial charge in [-0.25, -0.2) is 0 Å². The summed E-state index contributed by atoms with van der Waals surface area (Å²) < 4.78 is 47.8. The number of benzene rings is 1. The Kier molecular flexibility index (Phi) is 9.65. The van der Waals surface area contributed by atoms with E-state index in [4.69, 9.17) is 9.47 Å². The van der Waals surface area contributed by atoms with Gasteiger partial charge in [0.1, 0.15) is 5.75 Å². The van der Waals surface area contributed by atoms with E-state index in [9.17, 15) is 12.9 Å². The maximum Gasteiger partial charge on any atom is 1.00 e. The number of ether oxygens (including phenoxy) is 2. The molecule has 0 saturated carbocycles. The molecule has 0 atom stereocenters. The molecule has 0 spiro atoms. The van der Waals surface area contributed by atoms with Gasteiger partial charge >= 0.3 is 58.4 Å². The molecule has 0 bridgehead atoms. The molecule has 1 aromatic rings. The Labute approximate surface area is 154 Å². The molecular weight excluding hydrogens is 283 g/mol. The molecule has 102 valence electrons. The van der Waals surface area contributed by atoms with Crippen LogP contribution in [-0.4, -0.2) is 27.3 Å². The molecule has 0 saturated heterocycles. The number of halogens is 3. The van der Waals surface area contributed by atoms with E-state index in [1.807, 2.05) is 0 Å². The maximum atomic E-state index is 12.5. The third-order valence-corrected chi connectivity index (χ3v) is 2.58. The predicted octanol–water partition coefficient (Wildman–Crippen LogP) is -0.141. The van der Waals surface area contributed by atoms with E-state index in [2.05, 4.69) is 0 Å². The zero-order valence-corrected chi connectivity index (χ0v) is 14.7. The second kappa shape index (κ2) is 9.42. The van der Waals surface area contributed by atoms with Crippen LogP contribution in [0.3, 0.4) is 0 Å². The minimum Gasteiger partial charge on any atom is -0.493 e. The van der Waals surface area contributed by atoms with Crippen LogP contribution in [0.25, 0.3) is 0 Å². The fourth-order valence-corrected chi connectivity index (χ4v) is 1.57. The average Bonchev–Trinajstić information content (AvgIpc) is 2.29. The first-order chi connectivity index (χ1) is 8.45. The van der Waals surface area contributed by atoms with Crippen molar-refractivity contribution >= 4 is 12.4 Å². The topological polar surface area (TPSA) is 18.5 Å². The van der Waals surface area contributed by atoms with Crippen LogP contribution in [0, 0.1) is 6.92 Å². The van der Waals surface area contributed by atoms with Gasteiger partial charge < -0.3 is 22.4 Å². The van der Waals surface area contributed by atoms with Crippen LogP contribution in [0.4, 0.5) is 12.9 Å². The zero-order chi connectivity index (χ0) is 13.6. The summed E-state index contributed by atoms with van der Waals surface area (Å²) in [4.78, 5) is 0. The van der Waals surface area contributed by atoms with Gasteiger partial charge in [0, 0.05) is 13.7 Å². The van der Waals surface area contributed by atoms with E-state index in [1.54, 1.807) is 14.0 Å². The summed E-state index contributed by atoms with van der Waals surface area (Å²) in [6, 6.07) is 3.58. The molecular formula is C12H17BF3KO2. The molecule has 0 amide bonds. The summed E-state index contributed by atoms with van der Waals surface area (Å²) in [6.45, 7) is -2.16. The number of unbranched alkanes of at least 4 members (excludes halogenated alkanes) is 1. The van der Waals surface area contributed by atoms with Gasteiger partial charge in [0.05, 0.1) is 6.61 Å². The zero-order valence-electron chi connectivity index (χ0n) is 11.6. The number of rotatable bonds is 7. The second-order valence-electron chi connectivity index (χ2n) is 4.15. The van der Waals surface area contributed by atoms with Crippen molar-refractivity contribution in [3.63, 3.8) is 0 Å². The Bertz CT molecular complexity index is 386. The summed E-state index contributed by atoms with van der Waals surface area (Å²) in [5.74, 6) is 0.510. The predicted molar refractivity (Wildman–Crippen MR) is 66.5 cm³/mol. The van der Waals surface area contributed by atoms with Gasteiger partial charge in [0.15, 0.2) is 0 Å². The van der Waals surface area contributed by atoms with Gasteiger partial charge in [0.2, 0.25) is 0 Å². The molecule has 1 aromatic carbocycles. The Morgan fingerprint density at radius 3 is 2.26 bits per heavy atom. The molecule has 0 radical (unpaired) electrons. The van der Waals surface area contributed by atoms with Crippen molar-refractivity contribution < 1.29 is 73.8 Å². The van der Waals surface area contributed by atoms with Crippen LogP contribution in [0.2, 0.25) is 0 Å². The van der Waals surface area contributed by atoms with Gasteiger partial charge in [-0.3, -0.25) is 0 Å². The maximum absolute atomic E-state index is 12.5. The number of hydrogen-bond acceptors (Lipinski definition) is 2. The van der Waals surface area contributed by atoms with Crippen molar-refractivity contribution in [2.24, 2.45) is 0 Å². The van der Waals surface area contributed by atoms with Gasteiger partial charge in [-0.2, -0.15) is 0 Å². The molecule has 0 aliphatic carbocycles. The SMILES string of the molecule is COCCCCOc1ccc([B-](F)(F)F)cc1C.[K+]. The Morgan fingerprint density at radius 1 is 1.11 bits per heavy atom. The molecule has 1 rings (SSSR count). The first kappa shape index (κ1) is 19.5. The third kappa shape index (κ3) is 7.15. The van der Waals surface area contributed by atoms with Crippen molar-refractivity contribution in [3.05, 3.63) is 23.8 Å². The van der Waals surface area contributed by atoms with Gasteiger partial charge in [-0.05, 0) is 31.4 Å². The Balaban J connectivity index is 0.00000324. The Morgan fingerprint density at radius 2 is 1.74 bits per heavy atom. The van der Waals surface area contributed by atoms with E-state index in [-0.39, 0.29) is 51.4 Å². The number of hydrogen-bond donors (Lipinski definition) is 0. The van der Waals surface area contributed by atoms with Crippen molar-refractivity contribution in [2.75, 3.05) is 20.3 Å². The van der Waals surface area contributed by atoms with Crippen LogP contribution in [-0.2, 0) is 4.74 Å². The summed E-state index contributed by atoms with van der Waals surface area (Å²) in [5, 5.41) is 0. The van der Waals surface area contributed by atoms with Crippen molar-refractivity contribution in [1.29, 1.82) is 0 Å². The summed E-state index contributed by atoms with van der Waals surface area (Å²) in [5.41, 5.74) is -0.0716. The average molecular weight is 300 g/mol. The fourth-order valence-electron chi connectivity index (χ4n) is 1.57. The molecule has 19 heavy (non-hydrogen) atoms. The second-order valence-corrected chi connectivity index (χ2v) is 4.15. The van der Waals surface area contributed by atoms with Crippen LogP contribution in [0.5, 0.6) is 5.75 Å². The standard InChI is InChI=1S/C12H17BF3O2.K/c1-10-9-11(13(14,15)16)5-6-12(10)18-8-4-3-7-17-2;/h5-6,9H,3-4,7-8H2,1-2H3;/q-1;+1. The van der Waals surface area contributed by atoms with E-state index in [1.165, 1.54) is 6.07 Å². The molecule has 0 aliphatic rings.